The quantitative estimate of drug-likeness (QED) is 0.0474. The number of nitrogens with two attached hydrogens (primary N) is 1. The van der Waals surface area contributed by atoms with Crippen LogP contribution in [0.2, 0.25) is 0 Å². The SMILES string of the molecule is COc1cc(S(=O)(=O)CCOS(=O)(=O)O)c(OC)cc1/N=N/c1c(S(=O)(=O)O)cc2cc(S(=O)(=O)O)c(/N=N/c3cccc(S(=O)(=O)CCOS(=O)(=O)O)c3)c(N)c2c1O. The van der Waals surface area contributed by atoms with Crippen LogP contribution in [0, 0.1) is 0 Å². The van der Waals surface area contributed by atoms with Gasteiger partial charge in [-0.25, -0.2) is 25.2 Å². The molecule has 32 heteroatoms. The van der Waals surface area contributed by atoms with Gasteiger partial charge in [0.05, 0.1) is 60.6 Å². The number of methoxy groups -OCH3 is 2. The maximum Gasteiger partial charge on any atom is 0.397 e. The maximum absolute atomic E-state index is 13.0. The van der Waals surface area contributed by atoms with Crippen LogP contribution in [0.1, 0.15) is 0 Å². The number of nitrogens with zero attached hydrogens (tertiary/aromatic N) is 4. The van der Waals surface area contributed by atoms with Gasteiger partial charge in [-0.15, -0.1) is 15.3 Å². The Hall–Kier alpha value is -5.00. The summed E-state index contributed by atoms with van der Waals surface area (Å²) in [6.07, 6.45) is 0. The molecule has 328 valence electrons. The molecule has 0 unspecified atom stereocenters. The number of rotatable bonds is 18. The van der Waals surface area contributed by atoms with Gasteiger partial charge >= 0.3 is 20.8 Å². The van der Waals surface area contributed by atoms with Crippen molar-refractivity contribution in [2.24, 2.45) is 20.5 Å². The third-order valence-electron chi connectivity index (χ3n) is 7.54. The predicted octanol–water partition coefficient (Wildman–Crippen LogP) is 2.66. The molecule has 26 nitrogen and oxygen atoms in total. The van der Waals surface area contributed by atoms with E-state index in [4.69, 9.17) is 24.3 Å². The third-order valence-corrected chi connectivity index (χ3v) is 13.6. The van der Waals surface area contributed by atoms with Crippen LogP contribution in [0.5, 0.6) is 17.2 Å². The van der Waals surface area contributed by atoms with Gasteiger partial charge in [0.25, 0.3) is 20.2 Å². The van der Waals surface area contributed by atoms with Gasteiger partial charge in [-0.1, -0.05) is 6.07 Å². The van der Waals surface area contributed by atoms with Crippen molar-refractivity contribution in [3.05, 3.63) is 48.5 Å². The molecule has 0 amide bonds. The second-order valence-electron chi connectivity index (χ2n) is 11.5. The van der Waals surface area contributed by atoms with Gasteiger partial charge in [-0.05, 0) is 35.7 Å². The highest BCUT2D eigenvalue weighted by Gasteiger charge is 2.29. The Kier molecular flexibility index (Phi) is 13.9. The number of nitrogen functional groups attached to an aromatic ring is 1. The molecule has 0 heterocycles. The van der Waals surface area contributed by atoms with Crippen molar-refractivity contribution < 1.29 is 91.7 Å². The van der Waals surface area contributed by atoms with Crippen LogP contribution in [0.15, 0.2) is 88.6 Å². The molecular formula is C28H29N5O21S6. The molecule has 4 aromatic carbocycles. The summed E-state index contributed by atoms with van der Waals surface area (Å²) in [6.45, 7) is -1.98. The van der Waals surface area contributed by atoms with E-state index in [1.165, 1.54) is 6.07 Å². The largest absolute Gasteiger partial charge is 0.505 e. The smallest absolute Gasteiger partial charge is 0.397 e. The standard InChI is InChI=1S/C28H29N5O21S6/c1-51-19-14-21(56(37,38)9-7-54-60(48,49)50)20(52-2)13-18(19)31-33-27-23(58(42,43)44)11-15-10-22(57(39,40)41)26(25(29)24(15)28(27)34)32-30-16-4-3-5-17(12-16)55(35,36)8-6-53-59(45,46)47/h3-5,10-14,34H,6-9,29H2,1-2H3,(H,39,40,41)(H,42,43,44)(H,45,46,47)(H,48,49,50)/b32-30+,33-31+. The Balaban J connectivity index is 1.89. The summed E-state index contributed by atoms with van der Waals surface area (Å²) < 4.78 is 201. The number of ether oxygens (including phenoxy) is 2. The van der Waals surface area contributed by atoms with Crippen LogP contribution in [0.3, 0.4) is 0 Å². The topological polar surface area (TPSA) is 418 Å². The number of phenols is 1. The summed E-state index contributed by atoms with van der Waals surface area (Å²) in [4.78, 5) is -3.42. The van der Waals surface area contributed by atoms with Crippen LogP contribution >= 0.6 is 0 Å². The number of benzene rings is 4. The first kappa shape index (κ1) is 47.7. The second-order valence-corrected chi connectivity index (χ2v) is 20.6. The van der Waals surface area contributed by atoms with Crippen LogP contribution < -0.4 is 15.2 Å². The van der Waals surface area contributed by atoms with Gasteiger partial charge in [-0.2, -0.15) is 38.8 Å². The van der Waals surface area contributed by atoms with E-state index < -0.39 is 156 Å². The molecule has 0 radical (unpaired) electrons. The molecule has 60 heavy (non-hydrogen) atoms. The summed E-state index contributed by atoms with van der Waals surface area (Å²) in [5.74, 6) is -3.99. The molecular weight excluding hydrogens is 935 g/mol. The number of phenolic OH excluding ortho intramolecular Hbond substituents is 1. The normalized spacial score (nSPS) is 13.4. The molecule has 0 aromatic heterocycles. The van der Waals surface area contributed by atoms with Crippen LogP contribution in [-0.4, -0.2) is 113 Å². The number of hydrogen-bond acceptors (Lipinski definition) is 22. The second kappa shape index (κ2) is 17.5. The first-order valence-corrected chi connectivity index (χ1v) is 24.4. The molecule has 0 saturated carbocycles. The molecule has 4 aromatic rings. The van der Waals surface area contributed by atoms with Crippen LogP contribution in [0.25, 0.3) is 10.8 Å². The number of hydrogen-bond donors (Lipinski definition) is 6. The van der Waals surface area contributed by atoms with Crippen molar-refractivity contribution in [3.8, 4) is 17.2 Å². The van der Waals surface area contributed by atoms with E-state index in [1.54, 1.807) is 0 Å². The summed E-state index contributed by atoms with van der Waals surface area (Å²) in [5, 5.41) is 25.2. The first-order chi connectivity index (χ1) is 27.5. The molecule has 0 spiro atoms. The molecule has 0 aliphatic heterocycles. The Bertz CT molecular complexity index is 3120. The average molecular weight is 964 g/mol. The predicted molar refractivity (Wildman–Crippen MR) is 203 cm³/mol. The molecule has 0 fully saturated rings. The summed E-state index contributed by atoms with van der Waals surface area (Å²) in [5.41, 5.74) is 2.70. The molecule has 4 rings (SSSR count). The van der Waals surface area contributed by atoms with Crippen LogP contribution in [-0.2, 0) is 69.1 Å². The van der Waals surface area contributed by atoms with Gasteiger partial charge in [0.1, 0.15) is 43.2 Å². The van der Waals surface area contributed by atoms with Gasteiger partial charge in [0, 0.05) is 12.1 Å². The fourth-order valence-corrected chi connectivity index (χ4v) is 9.47. The molecule has 0 aliphatic carbocycles. The van der Waals surface area contributed by atoms with Crippen molar-refractivity contribution in [2.75, 3.05) is 44.7 Å². The van der Waals surface area contributed by atoms with E-state index in [2.05, 4.69) is 28.8 Å². The lowest BCUT2D eigenvalue weighted by Crippen LogP contribution is -2.16. The highest BCUT2D eigenvalue weighted by atomic mass is 32.3. The molecule has 0 bridgehead atoms. The fourth-order valence-electron chi connectivity index (χ4n) is 4.96. The molecule has 0 atom stereocenters. The zero-order valence-corrected chi connectivity index (χ0v) is 34.9. The van der Waals surface area contributed by atoms with Gasteiger partial charge in [0.15, 0.2) is 25.4 Å². The van der Waals surface area contributed by atoms with E-state index >= 15 is 0 Å². The molecule has 0 saturated heterocycles. The van der Waals surface area contributed by atoms with Crippen molar-refractivity contribution >= 4 is 99.9 Å². The van der Waals surface area contributed by atoms with Crippen molar-refractivity contribution in [2.45, 2.75) is 19.6 Å². The Morgan fingerprint density at radius 3 is 1.63 bits per heavy atom. The van der Waals surface area contributed by atoms with Crippen molar-refractivity contribution in [1.29, 1.82) is 0 Å². The lowest BCUT2D eigenvalue weighted by Gasteiger charge is -2.15. The summed E-state index contributed by atoms with van der Waals surface area (Å²) >= 11 is 0. The average Bonchev–Trinajstić information content (AvgIpc) is 3.11. The van der Waals surface area contributed by atoms with Gasteiger partial charge in [-0.3, -0.25) is 18.2 Å². The molecule has 0 aliphatic rings. The van der Waals surface area contributed by atoms with Gasteiger partial charge in [0.2, 0.25) is 0 Å². The maximum atomic E-state index is 13.0. The number of anilines is 1. The van der Waals surface area contributed by atoms with E-state index in [1.807, 2.05) is 0 Å². The Morgan fingerprint density at radius 2 is 1.12 bits per heavy atom. The minimum atomic E-state index is -5.39. The summed E-state index contributed by atoms with van der Waals surface area (Å²) in [7, 11) is -27.3. The minimum Gasteiger partial charge on any atom is -0.505 e. The lowest BCUT2D eigenvalue weighted by atomic mass is 10.1. The highest BCUT2D eigenvalue weighted by Crippen LogP contribution is 2.49. The minimum absolute atomic E-state index is 0.303. The number of azo groups is 2. The van der Waals surface area contributed by atoms with E-state index in [9.17, 15) is 64.7 Å². The van der Waals surface area contributed by atoms with Crippen LogP contribution in [0.4, 0.5) is 28.4 Å². The third kappa shape index (κ3) is 11.6. The Morgan fingerprint density at radius 1 is 0.600 bits per heavy atom. The fraction of sp³-hybridized carbons (Fsp3) is 0.214. The van der Waals surface area contributed by atoms with Gasteiger partial charge < -0.3 is 20.3 Å². The number of aromatic hydroxyl groups is 1. The first-order valence-electron chi connectivity index (χ1n) is 15.4. The zero-order valence-electron chi connectivity index (χ0n) is 30.0. The van der Waals surface area contributed by atoms with Crippen molar-refractivity contribution in [3.63, 3.8) is 0 Å². The lowest BCUT2D eigenvalue weighted by molar-refractivity contribution is 0.282. The number of sulfone groups is 2. The summed E-state index contributed by atoms with van der Waals surface area (Å²) in [6, 6.07) is 7.18. The monoisotopic (exact) mass is 963 g/mol. The van der Waals surface area contributed by atoms with E-state index in [0.29, 0.717) is 12.1 Å². The van der Waals surface area contributed by atoms with Crippen molar-refractivity contribution in [1.82, 2.24) is 0 Å². The zero-order chi connectivity index (χ0) is 45.2. The molecule has 7 N–H and O–H groups in total. The number of fused-ring (bicyclic) bond motifs is 1. The van der Waals surface area contributed by atoms with E-state index in [0.717, 1.165) is 44.6 Å². The Labute approximate surface area is 340 Å². The highest BCUT2D eigenvalue weighted by molar-refractivity contribution is 7.92. The van der Waals surface area contributed by atoms with E-state index in [-0.39, 0.29) is 5.69 Å².